The number of carboxylic acid groups (broad SMARTS) is 1. The molecule has 1 amide bonds. The van der Waals surface area contributed by atoms with Crippen molar-refractivity contribution in [3.8, 4) is 0 Å². The molecule has 2 unspecified atom stereocenters. The van der Waals surface area contributed by atoms with Crippen molar-refractivity contribution in [2.45, 2.75) is 32.6 Å². The predicted octanol–water partition coefficient (Wildman–Crippen LogP) is 1.13. The summed E-state index contributed by atoms with van der Waals surface area (Å²) >= 11 is 0. The van der Waals surface area contributed by atoms with Crippen LogP contribution in [0.25, 0.3) is 0 Å². The Morgan fingerprint density at radius 2 is 1.95 bits per heavy atom. The van der Waals surface area contributed by atoms with Crippen LogP contribution in [0.3, 0.4) is 0 Å². The molecule has 1 N–H and O–H groups in total. The first-order valence-corrected chi connectivity index (χ1v) is 7.07. The van der Waals surface area contributed by atoms with E-state index in [2.05, 4.69) is 0 Å². The molecule has 5 nitrogen and oxygen atoms in total. The minimum absolute atomic E-state index is 0.118. The lowest BCUT2D eigenvalue weighted by atomic mass is 9.90. The average molecular weight is 267 g/mol. The Labute approximate surface area is 112 Å². The first-order valence-electron chi connectivity index (χ1n) is 7.07. The number of carbonyl (C=O) groups is 2. The van der Waals surface area contributed by atoms with Gasteiger partial charge in [0.2, 0.25) is 5.91 Å². The standard InChI is InChI=1S/C14H21NO4/c1-13(12(17)18)2-5-15(9-13)11(16)10-8-14(10)3-6-19-7-4-14/h10H,2-9H2,1H3,(H,17,18). The number of aliphatic carboxylic acids is 1. The maximum Gasteiger partial charge on any atom is 0.311 e. The summed E-state index contributed by atoms with van der Waals surface area (Å²) in [6, 6.07) is 0. The van der Waals surface area contributed by atoms with Gasteiger partial charge in [-0.15, -0.1) is 0 Å². The SMILES string of the molecule is CC1(C(=O)O)CCN(C(=O)C2CC23CCOCC3)C1. The lowest BCUT2D eigenvalue weighted by Gasteiger charge is -2.25. The Bertz CT molecular complexity index is 416. The van der Waals surface area contributed by atoms with E-state index in [1.165, 1.54) is 0 Å². The molecule has 106 valence electrons. The van der Waals surface area contributed by atoms with Gasteiger partial charge in [0.1, 0.15) is 0 Å². The van der Waals surface area contributed by atoms with Gasteiger partial charge < -0.3 is 14.7 Å². The Morgan fingerprint density at radius 1 is 1.26 bits per heavy atom. The van der Waals surface area contributed by atoms with E-state index in [4.69, 9.17) is 4.74 Å². The molecule has 2 heterocycles. The molecule has 0 aromatic heterocycles. The van der Waals surface area contributed by atoms with Crippen molar-refractivity contribution in [2.24, 2.45) is 16.7 Å². The van der Waals surface area contributed by atoms with Gasteiger partial charge in [-0.3, -0.25) is 9.59 Å². The van der Waals surface area contributed by atoms with Crippen LogP contribution in [-0.4, -0.2) is 48.2 Å². The molecule has 0 radical (unpaired) electrons. The van der Waals surface area contributed by atoms with E-state index in [0.29, 0.717) is 19.5 Å². The van der Waals surface area contributed by atoms with Crippen molar-refractivity contribution in [1.82, 2.24) is 4.90 Å². The summed E-state index contributed by atoms with van der Waals surface area (Å²) in [6.45, 7) is 4.21. The van der Waals surface area contributed by atoms with E-state index >= 15 is 0 Å². The van der Waals surface area contributed by atoms with E-state index in [0.717, 1.165) is 32.5 Å². The van der Waals surface area contributed by atoms with Gasteiger partial charge in [-0.25, -0.2) is 0 Å². The lowest BCUT2D eigenvalue weighted by Crippen LogP contribution is -2.37. The fourth-order valence-electron chi connectivity index (χ4n) is 3.57. The van der Waals surface area contributed by atoms with Crippen LogP contribution < -0.4 is 0 Å². The summed E-state index contributed by atoms with van der Waals surface area (Å²) in [6.07, 6.45) is 3.49. The zero-order chi connectivity index (χ0) is 13.7. The molecule has 1 saturated carbocycles. The highest BCUT2D eigenvalue weighted by Gasteiger charge is 2.59. The number of carbonyl (C=O) groups excluding carboxylic acids is 1. The van der Waals surface area contributed by atoms with Crippen LogP contribution in [0.4, 0.5) is 0 Å². The van der Waals surface area contributed by atoms with Crippen LogP contribution in [0.2, 0.25) is 0 Å². The number of ether oxygens (including phenoxy) is 1. The number of amides is 1. The number of rotatable bonds is 2. The minimum Gasteiger partial charge on any atom is -0.481 e. The summed E-state index contributed by atoms with van der Waals surface area (Å²) in [5.74, 6) is -0.501. The van der Waals surface area contributed by atoms with Crippen LogP contribution in [0.1, 0.15) is 32.6 Å². The van der Waals surface area contributed by atoms with Crippen molar-refractivity contribution in [3.63, 3.8) is 0 Å². The third-order valence-electron chi connectivity index (χ3n) is 5.28. The monoisotopic (exact) mass is 267 g/mol. The van der Waals surface area contributed by atoms with E-state index < -0.39 is 11.4 Å². The van der Waals surface area contributed by atoms with Crippen LogP contribution in [0, 0.1) is 16.7 Å². The van der Waals surface area contributed by atoms with Crippen molar-refractivity contribution in [2.75, 3.05) is 26.3 Å². The summed E-state index contributed by atoms with van der Waals surface area (Å²) in [7, 11) is 0. The topological polar surface area (TPSA) is 66.8 Å². The Kier molecular flexibility index (Phi) is 2.85. The largest absolute Gasteiger partial charge is 0.481 e. The highest BCUT2D eigenvalue weighted by molar-refractivity contribution is 5.84. The molecule has 0 bridgehead atoms. The highest BCUT2D eigenvalue weighted by Crippen LogP contribution is 2.60. The highest BCUT2D eigenvalue weighted by atomic mass is 16.5. The third kappa shape index (κ3) is 2.04. The quantitative estimate of drug-likeness (QED) is 0.814. The van der Waals surface area contributed by atoms with Crippen LogP contribution in [0.15, 0.2) is 0 Å². The van der Waals surface area contributed by atoms with Crippen LogP contribution in [-0.2, 0) is 14.3 Å². The fraction of sp³-hybridized carbons (Fsp3) is 0.857. The fourth-order valence-corrected chi connectivity index (χ4v) is 3.57. The van der Waals surface area contributed by atoms with Crippen molar-refractivity contribution >= 4 is 11.9 Å². The molecule has 2 saturated heterocycles. The number of likely N-dealkylation sites (tertiary alicyclic amines) is 1. The summed E-state index contributed by atoms with van der Waals surface area (Å²) < 4.78 is 5.36. The second kappa shape index (κ2) is 4.20. The number of hydrogen-bond acceptors (Lipinski definition) is 3. The van der Waals surface area contributed by atoms with Crippen LogP contribution >= 0.6 is 0 Å². The lowest BCUT2D eigenvalue weighted by molar-refractivity contribution is -0.147. The molecule has 3 aliphatic rings. The van der Waals surface area contributed by atoms with Crippen molar-refractivity contribution in [1.29, 1.82) is 0 Å². The molecule has 0 aromatic rings. The predicted molar refractivity (Wildman–Crippen MR) is 67.5 cm³/mol. The van der Waals surface area contributed by atoms with Gasteiger partial charge in [0, 0.05) is 32.2 Å². The van der Waals surface area contributed by atoms with Crippen molar-refractivity contribution in [3.05, 3.63) is 0 Å². The second-order valence-electron chi connectivity index (χ2n) is 6.61. The first kappa shape index (κ1) is 12.9. The molecule has 19 heavy (non-hydrogen) atoms. The summed E-state index contributed by atoms with van der Waals surface area (Å²) in [5.41, 5.74) is -0.578. The molecular weight excluding hydrogens is 246 g/mol. The van der Waals surface area contributed by atoms with Gasteiger partial charge in [0.25, 0.3) is 0 Å². The maximum atomic E-state index is 12.5. The molecule has 1 spiro atoms. The van der Waals surface area contributed by atoms with E-state index in [1.807, 2.05) is 0 Å². The number of nitrogens with zero attached hydrogens (tertiary/aromatic N) is 1. The first-order chi connectivity index (χ1) is 8.97. The molecule has 3 fully saturated rings. The normalized spacial score (nSPS) is 36.5. The van der Waals surface area contributed by atoms with Gasteiger partial charge in [0.05, 0.1) is 5.41 Å². The molecule has 1 aliphatic carbocycles. The van der Waals surface area contributed by atoms with Gasteiger partial charge in [-0.05, 0) is 38.0 Å². The molecule has 2 aliphatic heterocycles. The molecule has 5 heteroatoms. The average Bonchev–Trinajstić information content (AvgIpc) is 2.90. The van der Waals surface area contributed by atoms with Gasteiger partial charge >= 0.3 is 5.97 Å². The zero-order valence-corrected chi connectivity index (χ0v) is 11.4. The molecule has 3 rings (SSSR count). The summed E-state index contributed by atoms with van der Waals surface area (Å²) in [4.78, 5) is 25.5. The smallest absolute Gasteiger partial charge is 0.311 e. The van der Waals surface area contributed by atoms with Crippen molar-refractivity contribution < 1.29 is 19.4 Å². The number of hydrogen-bond donors (Lipinski definition) is 1. The van der Waals surface area contributed by atoms with E-state index in [9.17, 15) is 14.7 Å². The molecular formula is C14H21NO4. The Balaban J connectivity index is 1.63. The van der Waals surface area contributed by atoms with Gasteiger partial charge in [-0.1, -0.05) is 0 Å². The van der Waals surface area contributed by atoms with E-state index in [-0.39, 0.29) is 17.2 Å². The molecule has 0 aromatic carbocycles. The Morgan fingerprint density at radius 3 is 2.53 bits per heavy atom. The number of carboxylic acids is 1. The van der Waals surface area contributed by atoms with Crippen LogP contribution in [0.5, 0.6) is 0 Å². The van der Waals surface area contributed by atoms with Gasteiger partial charge in [-0.2, -0.15) is 0 Å². The summed E-state index contributed by atoms with van der Waals surface area (Å²) in [5, 5.41) is 9.21. The zero-order valence-electron chi connectivity index (χ0n) is 11.4. The van der Waals surface area contributed by atoms with E-state index in [1.54, 1.807) is 11.8 Å². The maximum absolute atomic E-state index is 12.5. The Hall–Kier alpha value is -1.10. The third-order valence-corrected chi connectivity index (χ3v) is 5.28. The molecule has 2 atom stereocenters. The second-order valence-corrected chi connectivity index (χ2v) is 6.61. The minimum atomic E-state index is -0.792. The van der Waals surface area contributed by atoms with Gasteiger partial charge in [0.15, 0.2) is 0 Å².